The van der Waals surface area contributed by atoms with E-state index in [1.807, 2.05) is 6.07 Å². The van der Waals surface area contributed by atoms with E-state index in [1.54, 1.807) is 48.7 Å². The highest BCUT2D eigenvalue weighted by Crippen LogP contribution is 2.16. The van der Waals surface area contributed by atoms with Crippen LogP contribution in [0.15, 0.2) is 59.5 Å². The highest BCUT2D eigenvalue weighted by atomic mass is 16.4. The molecule has 0 saturated carbocycles. The van der Waals surface area contributed by atoms with Gasteiger partial charge in [-0.05, 0) is 24.3 Å². The summed E-state index contributed by atoms with van der Waals surface area (Å²) in [6, 6.07) is 14.1. The first-order valence-corrected chi connectivity index (χ1v) is 6.84. The van der Waals surface area contributed by atoms with Gasteiger partial charge in [-0.2, -0.15) is 0 Å². The van der Waals surface area contributed by atoms with E-state index in [9.17, 15) is 9.59 Å². The third-order valence-electron chi connectivity index (χ3n) is 3.15. The Bertz CT molecular complexity index is 892. The molecule has 3 aromatic rings. The van der Waals surface area contributed by atoms with Crippen molar-refractivity contribution in [2.24, 2.45) is 0 Å². The standard InChI is InChI=1S/C16H12N4O3/c21-14(22)10-13-16(23)20(11-6-2-1-3-7-11)15(19-18-13)12-8-4-5-9-17-12/h1-9H,10H2,(H,21,22). The lowest BCUT2D eigenvalue weighted by Gasteiger charge is -2.11. The molecule has 0 spiro atoms. The van der Waals surface area contributed by atoms with Crippen molar-refractivity contribution in [3.63, 3.8) is 0 Å². The van der Waals surface area contributed by atoms with Crippen LogP contribution in [-0.2, 0) is 11.2 Å². The monoisotopic (exact) mass is 308 g/mol. The number of aromatic nitrogens is 4. The third kappa shape index (κ3) is 2.98. The van der Waals surface area contributed by atoms with Crippen LogP contribution in [0.2, 0.25) is 0 Å². The number of nitrogens with zero attached hydrogens (tertiary/aromatic N) is 4. The number of rotatable bonds is 4. The SMILES string of the molecule is O=C(O)Cc1nnc(-c2ccccn2)n(-c2ccccc2)c1=O. The molecule has 0 amide bonds. The fourth-order valence-corrected chi connectivity index (χ4v) is 2.15. The third-order valence-corrected chi connectivity index (χ3v) is 3.15. The topological polar surface area (TPSA) is 98.0 Å². The van der Waals surface area contributed by atoms with Crippen molar-refractivity contribution < 1.29 is 9.90 Å². The highest BCUT2D eigenvalue weighted by Gasteiger charge is 2.17. The van der Waals surface area contributed by atoms with Crippen molar-refractivity contribution >= 4 is 5.97 Å². The molecule has 0 fully saturated rings. The Balaban J connectivity index is 2.27. The normalized spacial score (nSPS) is 10.4. The number of carboxylic acids is 1. The minimum atomic E-state index is -1.14. The molecule has 0 bridgehead atoms. The predicted molar refractivity (Wildman–Crippen MR) is 82.2 cm³/mol. The molecule has 3 rings (SSSR count). The van der Waals surface area contributed by atoms with Crippen LogP contribution < -0.4 is 5.56 Å². The molecule has 0 radical (unpaired) electrons. The fourth-order valence-electron chi connectivity index (χ4n) is 2.15. The van der Waals surface area contributed by atoms with Crippen LogP contribution in [0.25, 0.3) is 17.2 Å². The molecular formula is C16H12N4O3. The Morgan fingerprint density at radius 1 is 1.04 bits per heavy atom. The van der Waals surface area contributed by atoms with Crippen molar-refractivity contribution in [3.8, 4) is 17.2 Å². The van der Waals surface area contributed by atoms with Crippen LogP contribution in [0.3, 0.4) is 0 Å². The zero-order valence-corrected chi connectivity index (χ0v) is 12.0. The van der Waals surface area contributed by atoms with Gasteiger partial charge in [-0.3, -0.25) is 19.1 Å². The van der Waals surface area contributed by atoms with Gasteiger partial charge in [0, 0.05) is 6.20 Å². The van der Waals surface area contributed by atoms with Crippen LogP contribution in [0, 0.1) is 0 Å². The van der Waals surface area contributed by atoms with E-state index in [4.69, 9.17) is 5.11 Å². The van der Waals surface area contributed by atoms with Crippen LogP contribution in [0.4, 0.5) is 0 Å². The van der Waals surface area contributed by atoms with E-state index < -0.39 is 17.9 Å². The van der Waals surface area contributed by atoms with E-state index in [0.29, 0.717) is 11.4 Å². The first-order chi connectivity index (χ1) is 11.2. The maximum absolute atomic E-state index is 12.7. The molecule has 0 aliphatic heterocycles. The van der Waals surface area contributed by atoms with Gasteiger partial charge in [-0.25, -0.2) is 0 Å². The molecule has 7 nitrogen and oxygen atoms in total. The van der Waals surface area contributed by atoms with Gasteiger partial charge in [0.05, 0.1) is 12.1 Å². The van der Waals surface area contributed by atoms with Gasteiger partial charge < -0.3 is 5.11 Å². The molecule has 1 N–H and O–H groups in total. The van der Waals surface area contributed by atoms with Crippen LogP contribution in [0.5, 0.6) is 0 Å². The Morgan fingerprint density at radius 3 is 2.43 bits per heavy atom. The lowest BCUT2D eigenvalue weighted by molar-refractivity contribution is -0.136. The number of carboxylic acid groups (broad SMARTS) is 1. The van der Waals surface area contributed by atoms with Crippen molar-refractivity contribution in [3.05, 3.63) is 70.8 Å². The Kier molecular flexibility index (Phi) is 3.92. The summed E-state index contributed by atoms with van der Waals surface area (Å²) >= 11 is 0. The zero-order valence-electron chi connectivity index (χ0n) is 12.0. The second kappa shape index (κ2) is 6.18. The number of aliphatic carboxylic acids is 1. The average molecular weight is 308 g/mol. The highest BCUT2D eigenvalue weighted by molar-refractivity contribution is 5.69. The van der Waals surface area contributed by atoms with Crippen molar-refractivity contribution in [1.82, 2.24) is 19.7 Å². The lowest BCUT2D eigenvalue weighted by Crippen LogP contribution is -2.28. The van der Waals surface area contributed by atoms with Gasteiger partial charge in [0.15, 0.2) is 5.82 Å². The minimum absolute atomic E-state index is 0.124. The predicted octanol–water partition coefficient (Wildman–Crippen LogP) is 1.32. The average Bonchev–Trinajstić information content (AvgIpc) is 2.58. The number of hydrogen-bond donors (Lipinski definition) is 1. The summed E-state index contributed by atoms with van der Waals surface area (Å²) in [6.07, 6.45) is 1.10. The molecule has 0 unspecified atom stereocenters. The molecule has 1 aromatic carbocycles. The fraction of sp³-hybridized carbons (Fsp3) is 0.0625. The van der Waals surface area contributed by atoms with Gasteiger partial charge >= 0.3 is 5.97 Å². The van der Waals surface area contributed by atoms with Crippen molar-refractivity contribution in [2.75, 3.05) is 0 Å². The molecule has 0 aliphatic rings. The summed E-state index contributed by atoms with van der Waals surface area (Å²) in [6.45, 7) is 0. The van der Waals surface area contributed by atoms with Crippen molar-refractivity contribution in [1.29, 1.82) is 0 Å². The van der Waals surface area contributed by atoms with Crippen LogP contribution >= 0.6 is 0 Å². The molecule has 0 saturated heterocycles. The van der Waals surface area contributed by atoms with Crippen LogP contribution in [-0.4, -0.2) is 30.8 Å². The molecular weight excluding hydrogens is 296 g/mol. The van der Waals surface area contributed by atoms with Gasteiger partial charge in [0.1, 0.15) is 11.4 Å². The van der Waals surface area contributed by atoms with Crippen molar-refractivity contribution in [2.45, 2.75) is 6.42 Å². The molecule has 2 heterocycles. The summed E-state index contributed by atoms with van der Waals surface area (Å²) < 4.78 is 1.33. The van der Waals surface area contributed by atoms with E-state index in [1.165, 1.54) is 4.57 Å². The number of para-hydroxylation sites is 1. The molecule has 7 heteroatoms. The number of carbonyl (C=O) groups is 1. The van der Waals surface area contributed by atoms with Gasteiger partial charge in [-0.1, -0.05) is 24.3 Å². The summed E-state index contributed by atoms with van der Waals surface area (Å²) in [5, 5.41) is 16.7. The number of hydrogen-bond acceptors (Lipinski definition) is 5. The molecule has 23 heavy (non-hydrogen) atoms. The largest absolute Gasteiger partial charge is 0.481 e. The first-order valence-electron chi connectivity index (χ1n) is 6.84. The summed E-state index contributed by atoms with van der Waals surface area (Å²) in [5.41, 5.74) is 0.401. The summed E-state index contributed by atoms with van der Waals surface area (Å²) in [4.78, 5) is 27.8. The Morgan fingerprint density at radius 2 is 1.78 bits per heavy atom. The molecule has 114 valence electrons. The van der Waals surface area contributed by atoms with E-state index in [-0.39, 0.29) is 11.5 Å². The second-order valence-electron chi connectivity index (χ2n) is 4.73. The smallest absolute Gasteiger partial charge is 0.309 e. The zero-order chi connectivity index (χ0) is 16.2. The Hall–Kier alpha value is -3.35. The molecule has 0 aliphatic carbocycles. The van der Waals surface area contributed by atoms with E-state index in [2.05, 4.69) is 15.2 Å². The molecule has 2 aromatic heterocycles. The quantitative estimate of drug-likeness (QED) is 0.780. The minimum Gasteiger partial charge on any atom is -0.481 e. The van der Waals surface area contributed by atoms with Gasteiger partial charge in [0.25, 0.3) is 5.56 Å². The Labute approximate surface area is 130 Å². The first kappa shape index (κ1) is 14.6. The molecule has 0 atom stereocenters. The summed E-state index contributed by atoms with van der Waals surface area (Å²) in [7, 11) is 0. The van der Waals surface area contributed by atoms with E-state index >= 15 is 0 Å². The number of benzene rings is 1. The maximum Gasteiger partial charge on any atom is 0.309 e. The van der Waals surface area contributed by atoms with E-state index in [0.717, 1.165) is 0 Å². The lowest BCUT2D eigenvalue weighted by atomic mass is 10.2. The van der Waals surface area contributed by atoms with Gasteiger partial charge in [0.2, 0.25) is 0 Å². The maximum atomic E-state index is 12.7. The van der Waals surface area contributed by atoms with Crippen LogP contribution in [0.1, 0.15) is 5.69 Å². The number of pyridine rings is 1. The summed E-state index contributed by atoms with van der Waals surface area (Å²) in [5.74, 6) is -0.877. The van der Waals surface area contributed by atoms with Gasteiger partial charge in [-0.15, -0.1) is 10.2 Å². The second-order valence-corrected chi connectivity index (χ2v) is 4.73.